The zero-order valence-electron chi connectivity index (χ0n) is 15.1. The van der Waals surface area contributed by atoms with Crippen molar-refractivity contribution in [3.63, 3.8) is 0 Å². The number of hydrogen-bond acceptors (Lipinski definition) is 2. The average molecular weight is 372 g/mol. The molecule has 1 N–H and O–H groups in total. The molecule has 0 saturated heterocycles. The second-order valence-electron chi connectivity index (χ2n) is 7.51. The molecule has 1 aliphatic heterocycles. The number of benzene rings is 1. The lowest BCUT2D eigenvalue weighted by molar-refractivity contribution is 0.0922. The van der Waals surface area contributed by atoms with Gasteiger partial charge < -0.3 is 9.88 Å². The van der Waals surface area contributed by atoms with Gasteiger partial charge >= 0.3 is 0 Å². The van der Waals surface area contributed by atoms with Crippen LogP contribution >= 0.6 is 11.6 Å². The third-order valence-corrected chi connectivity index (χ3v) is 5.88. The number of fused-ring (bicyclic) bond motifs is 1. The topological polar surface area (TPSA) is 46.9 Å². The van der Waals surface area contributed by atoms with Crippen molar-refractivity contribution in [3.8, 4) is 11.4 Å². The summed E-state index contributed by atoms with van der Waals surface area (Å²) in [6.07, 6.45) is 10.3. The number of halogens is 1. The summed E-state index contributed by atoms with van der Waals surface area (Å²) in [5.41, 5.74) is 2.75. The standard InChI is InChI=1S/C21H26ClN3O/c22-16-12-10-15(11-13-16)20-24-19(18-9-5-2-6-14-25(18)20)21(26)23-17-7-3-1-4-8-17/h10-13,17H,1-9,14H2,(H,23,26). The maximum atomic E-state index is 13.0. The molecule has 26 heavy (non-hydrogen) atoms. The van der Waals surface area contributed by atoms with E-state index < -0.39 is 0 Å². The normalized spacial score (nSPS) is 18.2. The van der Waals surface area contributed by atoms with E-state index in [2.05, 4.69) is 9.88 Å². The van der Waals surface area contributed by atoms with Gasteiger partial charge in [0.15, 0.2) is 0 Å². The molecular weight excluding hydrogens is 346 g/mol. The summed E-state index contributed by atoms with van der Waals surface area (Å²) in [5.74, 6) is 0.898. The first-order chi connectivity index (χ1) is 12.7. The van der Waals surface area contributed by atoms with Crippen molar-refractivity contribution in [2.45, 2.75) is 70.4 Å². The summed E-state index contributed by atoms with van der Waals surface area (Å²) in [7, 11) is 0. The molecular formula is C21H26ClN3O. The Bertz CT molecular complexity index is 775. The molecule has 0 unspecified atom stereocenters. The molecule has 4 rings (SSSR count). The maximum absolute atomic E-state index is 13.0. The van der Waals surface area contributed by atoms with Crippen LogP contribution in [0.5, 0.6) is 0 Å². The van der Waals surface area contributed by atoms with Crippen LogP contribution in [0, 0.1) is 0 Å². The molecule has 4 nitrogen and oxygen atoms in total. The number of nitrogens with one attached hydrogen (secondary N) is 1. The molecule has 0 bridgehead atoms. The summed E-state index contributed by atoms with van der Waals surface area (Å²) in [5, 5.41) is 3.96. The SMILES string of the molecule is O=C(NC1CCCCC1)c1nc(-c2ccc(Cl)cc2)n2c1CCCCC2. The summed E-state index contributed by atoms with van der Waals surface area (Å²) >= 11 is 6.04. The van der Waals surface area contributed by atoms with E-state index in [0.717, 1.165) is 55.7 Å². The molecule has 1 saturated carbocycles. The molecule has 0 radical (unpaired) electrons. The minimum Gasteiger partial charge on any atom is -0.348 e. The van der Waals surface area contributed by atoms with Crippen molar-refractivity contribution in [2.75, 3.05) is 0 Å². The number of rotatable bonds is 3. The molecule has 2 aromatic rings. The third-order valence-electron chi connectivity index (χ3n) is 5.63. The lowest BCUT2D eigenvalue weighted by atomic mass is 9.95. The number of hydrogen-bond donors (Lipinski definition) is 1. The highest BCUT2D eigenvalue weighted by atomic mass is 35.5. The fraction of sp³-hybridized carbons (Fsp3) is 0.524. The maximum Gasteiger partial charge on any atom is 0.272 e. The van der Waals surface area contributed by atoms with Crippen molar-refractivity contribution in [1.29, 1.82) is 0 Å². The van der Waals surface area contributed by atoms with Gasteiger partial charge in [-0.1, -0.05) is 37.3 Å². The van der Waals surface area contributed by atoms with Gasteiger partial charge in [-0.15, -0.1) is 0 Å². The van der Waals surface area contributed by atoms with Gasteiger partial charge in [0.2, 0.25) is 0 Å². The van der Waals surface area contributed by atoms with E-state index >= 15 is 0 Å². The number of carbonyl (C=O) groups is 1. The van der Waals surface area contributed by atoms with Crippen LogP contribution in [-0.4, -0.2) is 21.5 Å². The van der Waals surface area contributed by atoms with Gasteiger partial charge in [-0.25, -0.2) is 4.98 Å². The molecule has 1 amide bonds. The zero-order valence-corrected chi connectivity index (χ0v) is 15.9. The minimum atomic E-state index is 0.00256. The van der Waals surface area contributed by atoms with Crippen LogP contribution in [0.1, 0.15) is 67.5 Å². The number of aromatic nitrogens is 2. The predicted molar refractivity (Wildman–Crippen MR) is 105 cm³/mol. The fourth-order valence-electron chi connectivity index (χ4n) is 4.22. The van der Waals surface area contributed by atoms with Crippen LogP contribution in [0.4, 0.5) is 0 Å². The zero-order chi connectivity index (χ0) is 17.9. The molecule has 1 aromatic carbocycles. The van der Waals surface area contributed by atoms with Crippen LogP contribution in [0.25, 0.3) is 11.4 Å². The molecule has 5 heteroatoms. The van der Waals surface area contributed by atoms with Crippen LogP contribution in [0.15, 0.2) is 24.3 Å². The molecule has 138 valence electrons. The van der Waals surface area contributed by atoms with E-state index in [1.165, 1.54) is 25.7 Å². The van der Waals surface area contributed by atoms with Crippen LogP contribution in [0.2, 0.25) is 5.02 Å². The van der Waals surface area contributed by atoms with Crippen molar-refractivity contribution in [2.24, 2.45) is 0 Å². The molecule has 1 fully saturated rings. The largest absolute Gasteiger partial charge is 0.348 e. The van der Waals surface area contributed by atoms with Gasteiger partial charge in [0.25, 0.3) is 5.91 Å². The minimum absolute atomic E-state index is 0.00256. The van der Waals surface area contributed by atoms with E-state index in [-0.39, 0.29) is 5.91 Å². The van der Waals surface area contributed by atoms with Crippen molar-refractivity contribution in [3.05, 3.63) is 40.7 Å². The van der Waals surface area contributed by atoms with E-state index in [0.29, 0.717) is 16.8 Å². The van der Waals surface area contributed by atoms with Gasteiger partial charge in [-0.05, 0) is 56.4 Å². The Labute approximate surface area is 160 Å². The molecule has 1 aliphatic carbocycles. The Morgan fingerprint density at radius 3 is 2.54 bits per heavy atom. The summed E-state index contributed by atoms with van der Waals surface area (Å²) < 4.78 is 2.26. The predicted octanol–water partition coefficient (Wildman–Crippen LogP) is 4.99. The Kier molecular flexibility index (Phi) is 5.30. The summed E-state index contributed by atoms with van der Waals surface area (Å²) in [4.78, 5) is 17.8. The lowest BCUT2D eigenvalue weighted by Gasteiger charge is -2.22. The quantitative estimate of drug-likeness (QED) is 0.825. The second kappa shape index (κ2) is 7.83. The highest BCUT2D eigenvalue weighted by Crippen LogP contribution is 2.28. The number of carbonyl (C=O) groups excluding carboxylic acids is 1. The first-order valence-corrected chi connectivity index (χ1v) is 10.3. The van der Waals surface area contributed by atoms with Crippen LogP contribution in [-0.2, 0) is 13.0 Å². The molecule has 2 heterocycles. The molecule has 2 aliphatic rings. The highest BCUT2D eigenvalue weighted by Gasteiger charge is 2.26. The molecule has 1 aromatic heterocycles. The van der Waals surface area contributed by atoms with Gasteiger partial charge in [-0.2, -0.15) is 0 Å². The first-order valence-electron chi connectivity index (χ1n) is 9.88. The average Bonchev–Trinajstić information content (AvgIpc) is 2.85. The molecule has 0 atom stereocenters. The second-order valence-corrected chi connectivity index (χ2v) is 7.94. The monoisotopic (exact) mass is 371 g/mol. The smallest absolute Gasteiger partial charge is 0.272 e. The first kappa shape index (κ1) is 17.6. The van der Waals surface area contributed by atoms with Gasteiger partial charge in [0.05, 0.1) is 5.69 Å². The Balaban J connectivity index is 1.67. The summed E-state index contributed by atoms with van der Waals surface area (Å²) in [6, 6.07) is 8.06. The van der Waals surface area contributed by atoms with Gasteiger partial charge in [0, 0.05) is 23.2 Å². The third kappa shape index (κ3) is 3.66. The fourth-order valence-corrected chi connectivity index (χ4v) is 4.35. The Morgan fingerprint density at radius 1 is 1.04 bits per heavy atom. The number of amides is 1. The number of nitrogens with zero attached hydrogens (tertiary/aromatic N) is 2. The van der Waals surface area contributed by atoms with E-state index in [1.54, 1.807) is 0 Å². The van der Waals surface area contributed by atoms with Crippen molar-refractivity contribution < 1.29 is 4.79 Å². The van der Waals surface area contributed by atoms with Crippen LogP contribution in [0.3, 0.4) is 0 Å². The highest BCUT2D eigenvalue weighted by molar-refractivity contribution is 6.30. The number of imidazole rings is 1. The van der Waals surface area contributed by atoms with Gasteiger partial charge in [-0.3, -0.25) is 4.79 Å². The van der Waals surface area contributed by atoms with Crippen LogP contribution < -0.4 is 5.32 Å². The van der Waals surface area contributed by atoms with E-state index in [4.69, 9.17) is 16.6 Å². The molecule has 0 spiro atoms. The van der Waals surface area contributed by atoms with Crippen molar-refractivity contribution in [1.82, 2.24) is 14.9 Å². The Hall–Kier alpha value is -1.81. The van der Waals surface area contributed by atoms with Crippen molar-refractivity contribution >= 4 is 17.5 Å². The summed E-state index contributed by atoms with van der Waals surface area (Å²) in [6.45, 7) is 0.928. The lowest BCUT2D eigenvalue weighted by Crippen LogP contribution is -2.36. The Morgan fingerprint density at radius 2 is 1.77 bits per heavy atom. The van der Waals surface area contributed by atoms with Gasteiger partial charge in [0.1, 0.15) is 11.5 Å². The van der Waals surface area contributed by atoms with E-state index in [1.807, 2.05) is 24.3 Å². The van der Waals surface area contributed by atoms with E-state index in [9.17, 15) is 4.79 Å².